The number of rotatable bonds is 3. The Hall–Kier alpha value is -1.96. The monoisotopic (exact) mass is 267 g/mol. The van der Waals surface area contributed by atoms with Gasteiger partial charge in [-0.3, -0.25) is 0 Å². The third-order valence-electron chi connectivity index (χ3n) is 4.12. The number of ether oxygens (including phenoxy) is 1. The lowest BCUT2D eigenvalue weighted by atomic mass is 10.0. The van der Waals surface area contributed by atoms with Crippen molar-refractivity contribution in [2.24, 2.45) is 0 Å². The molecule has 1 aliphatic heterocycles. The van der Waals surface area contributed by atoms with E-state index in [0.29, 0.717) is 0 Å². The molecule has 104 valence electrons. The third kappa shape index (κ3) is 2.51. The summed E-state index contributed by atoms with van der Waals surface area (Å²) in [5.41, 5.74) is 7.92. The van der Waals surface area contributed by atoms with E-state index in [1.165, 1.54) is 33.5 Å². The van der Waals surface area contributed by atoms with E-state index in [9.17, 15) is 0 Å². The first-order chi connectivity index (χ1) is 9.63. The van der Waals surface area contributed by atoms with E-state index >= 15 is 0 Å². The Morgan fingerprint density at radius 3 is 2.65 bits per heavy atom. The van der Waals surface area contributed by atoms with E-state index < -0.39 is 0 Å². The molecule has 1 aliphatic rings. The van der Waals surface area contributed by atoms with Crippen LogP contribution in [0.2, 0.25) is 0 Å². The Morgan fingerprint density at radius 2 is 1.80 bits per heavy atom. The molecule has 3 rings (SSSR count). The Morgan fingerprint density at radius 1 is 1.00 bits per heavy atom. The number of fused-ring (bicyclic) bond motifs is 1. The maximum atomic E-state index is 5.54. The van der Waals surface area contributed by atoms with Crippen molar-refractivity contribution < 1.29 is 4.74 Å². The van der Waals surface area contributed by atoms with Crippen molar-refractivity contribution >= 4 is 5.69 Å². The zero-order valence-electron chi connectivity index (χ0n) is 12.4. The normalized spacial score (nSPS) is 12.9. The SMILES string of the molecule is Cc1cc(C)c(CNc2ccc3c(c2)CCO3)cc1C. The molecule has 0 radical (unpaired) electrons. The molecule has 2 aromatic carbocycles. The Bertz CT molecular complexity index is 646. The number of hydrogen-bond donors (Lipinski definition) is 1. The Labute approximate surface area is 120 Å². The molecule has 0 unspecified atom stereocenters. The minimum atomic E-state index is 0.815. The van der Waals surface area contributed by atoms with Gasteiger partial charge in [0.15, 0.2) is 0 Å². The van der Waals surface area contributed by atoms with Crippen LogP contribution in [0.4, 0.5) is 5.69 Å². The molecule has 2 aromatic rings. The van der Waals surface area contributed by atoms with Crippen LogP contribution < -0.4 is 10.1 Å². The van der Waals surface area contributed by atoms with Gasteiger partial charge in [-0.15, -0.1) is 0 Å². The number of anilines is 1. The van der Waals surface area contributed by atoms with Gasteiger partial charge < -0.3 is 10.1 Å². The van der Waals surface area contributed by atoms with E-state index in [1.54, 1.807) is 0 Å². The van der Waals surface area contributed by atoms with Gasteiger partial charge in [0.1, 0.15) is 5.75 Å². The molecule has 0 saturated carbocycles. The molecule has 20 heavy (non-hydrogen) atoms. The van der Waals surface area contributed by atoms with Crippen LogP contribution in [0, 0.1) is 20.8 Å². The molecular weight excluding hydrogens is 246 g/mol. The first kappa shape index (κ1) is 13.0. The third-order valence-corrected chi connectivity index (χ3v) is 4.12. The Balaban J connectivity index is 1.75. The number of benzene rings is 2. The van der Waals surface area contributed by atoms with Crippen LogP contribution in [0.15, 0.2) is 30.3 Å². The van der Waals surface area contributed by atoms with Gasteiger partial charge in [-0.05, 0) is 66.8 Å². The highest BCUT2D eigenvalue weighted by molar-refractivity contribution is 5.53. The maximum Gasteiger partial charge on any atom is 0.122 e. The minimum Gasteiger partial charge on any atom is -0.493 e. The first-order valence-corrected chi connectivity index (χ1v) is 7.20. The Kier molecular flexibility index (Phi) is 3.39. The molecule has 0 bridgehead atoms. The lowest BCUT2D eigenvalue weighted by Crippen LogP contribution is -2.02. The van der Waals surface area contributed by atoms with E-state index in [0.717, 1.165) is 25.3 Å². The fraction of sp³-hybridized carbons (Fsp3) is 0.333. The molecule has 0 fully saturated rings. The van der Waals surface area contributed by atoms with Gasteiger partial charge in [-0.1, -0.05) is 12.1 Å². The van der Waals surface area contributed by atoms with Crippen molar-refractivity contribution in [1.82, 2.24) is 0 Å². The average Bonchev–Trinajstić information content (AvgIpc) is 2.89. The smallest absolute Gasteiger partial charge is 0.122 e. The molecule has 0 aromatic heterocycles. The number of aryl methyl sites for hydroxylation is 3. The average molecular weight is 267 g/mol. The van der Waals surface area contributed by atoms with E-state index in [1.807, 2.05) is 0 Å². The fourth-order valence-corrected chi connectivity index (χ4v) is 2.70. The summed E-state index contributed by atoms with van der Waals surface area (Å²) < 4.78 is 5.54. The van der Waals surface area contributed by atoms with Gasteiger partial charge in [0.25, 0.3) is 0 Å². The summed E-state index contributed by atoms with van der Waals surface area (Å²) in [5, 5.41) is 3.52. The van der Waals surface area contributed by atoms with Gasteiger partial charge in [0.2, 0.25) is 0 Å². The summed E-state index contributed by atoms with van der Waals surface area (Å²) in [6.45, 7) is 8.20. The first-order valence-electron chi connectivity index (χ1n) is 7.20. The second-order valence-corrected chi connectivity index (χ2v) is 5.64. The van der Waals surface area contributed by atoms with Crippen molar-refractivity contribution in [2.45, 2.75) is 33.7 Å². The molecule has 0 spiro atoms. The van der Waals surface area contributed by atoms with Gasteiger partial charge in [0.05, 0.1) is 6.61 Å². The van der Waals surface area contributed by atoms with Crippen LogP contribution in [0.1, 0.15) is 27.8 Å². The summed E-state index contributed by atoms with van der Waals surface area (Å²) in [6.07, 6.45) is 1.02. The van der Waals surface area contributed by atoms with Gasteiger partial charge in [-0.2, -0.15) is 0 Å². The highest BCUT2D eigenvalue weighted by Crippen LogP contribution is 2.28. The molecular formula is C18H21NO. The molecule has 1 N–H and O–H groups in total. The van der Waals surface area contributed by atoms with Crippen molar-refractivity contribution in [3.63, 3.8) is 0 Å². The van der Waals surface area contributed by atoms with Gasteiger partial charge in [0, 0.05) is 18.7 Å². The molecule has 0 saturated heterocycles. The van der Waals surface area contributed by atoms with Crippen LogP contribution in [0.25, 0.3) is 0 Å². The lowest BCUT2D eigenvalue weighted by Gasteiger charge is -2.12. The highest BCUT2D eigenvalue weighted by Gasteiger charge is 2.11. The van der Waals surface area contributed by atoms with Crippen LogP contribution in [-0.2, 0) is 13.0 Å². The van der Waals surface area contributed by atoms with E-state index in [4.69, 9.17) is 4.74 Å². The van der Waals surface area contributed by atoms with Gasteiger partial charge in [-0.25, -0.2) is 0 Å². The minimum absolute atomic E-state index is 0.815. The second kappa shape index (κ2) is 5.20. The summed E-state index contributed by atoms with van der Waals surface area (Å²) in [4.78, 5) is 0. The van der Waals surface area contributed by atoms with Crippen LogP contribution in [0.5, 0.6) is 5.75 Å². The predicted octanol–water partition coefficient (Wildman–Crippen LogP) is 4.16. The molecule has 2 nitrogen and oxygen atoms in total. The van der Waals surface area contributed by atoms with Crippen molar-refractivity contribution in [3.05, 3.63) is 58.1 Å². The largest absolute Gasteiger partial charge is 0.493 e. The lowest BCUT2D eigenvalue weighted by molar-refractivity contribution is 0.357. The quantitative estimate of drug-likeness (QED) is 0.901. The highest BCUT2D eigenvalue weighted by atomic mass is 16.5. The molecule has 0 atom stereocenters. The summed E-state index contributed by atoms with van der Waals surface area (Å²) in [7, 11) is 0. The van der Waals surface area contributed by atoms with Crippen LogP contribution >= 0.6 is 0 Å². The van der Waals surface area contributed by atoms with Crippen LogP contribution in [0.3, 0.4) is 0 Å². The maximum absolute atomic E-state index is 5.54. The fourth-order valence-electron chi connectivity index (χ4n) is 2.70. The van der Waals surface area contributed by atoms with Crippen molar-refractivity contribution in [1.29, 1.82) is 0 Å². The van der Waals surface area contributed by atoms with Crippen LogP contribution in [-0.4, -0.2) is 6.61 Å². The number of hydrogen-bond acceptors (Lipinski definition) is 2. The molecule has 2 heteroatoms. The molecule has 0 amide bonds. The number of nitrogens with one attached hydrogen (secondary N) is 1. The summed E-state index contributed by atoms with van der Waals surface area (Å²) in [6, 6.07) is 10.9. The predicted molar refractivity (Wildman–Crippen MR) is 83.6 cm³/mol. The summed E-state index contributed by atoms with van der Waals surface area (Å²) in [5.74, 6) is 1.04. The topological polar surface area (TPSA) is 21.3 Å². The van der Waals surface area contributed by atoms with Gasteiger partial charge >= 0.3 is 0 Å². The van der Waals surface area contributed by atoms with Crippen molar-refractivity contribution in [3.8, 4) is 5.75 Å². The summed E-state index contributed by atoms with van der Waals surface area (Å²) >= 11 is 0. The zero-order chi connectivity index (χ0) is 14.1. The molecule has 1 heterocycles. The zero-order valence-corrected chi connectivity index (χ0v) is 12.4. The molecule has 0 aliphatic carbocycles. The van der Waals surface area contributed by atoms with E-state index in [2.05, 4.69) is 56.4 Å². The van der Waals surface area contributed by atoms with Crippen molar-refractivity contribution in [2.75, 3.05) is 11.9 Å². The van der Waals surface area contributed by atoms with E-state index in [-0.39, 0.29) is 0 Å². The second-order valence-electron chi connectivity index (χ2n) is 5.64. The standard InChI is InChI=1S/C18H21NO/c1-12-8-14(3)16(9-13(12)2)11-19-17-4-5-18-15(10-17)6-7-20-18/h4-5,8-10,19H,6-7,11H2,1-3H3.